The van der Waals surface area contributed by atoms with Gasteiger partial charge in [0.25, 0.3) is 0 Å². The molecule has 0 saturated heterocycles. The van der Waals surface area contributed by atoms with E-state index in [4.69, 9.17) is 0 Å². The number of nitrogens with zero attached hydrogens (tertiary/aromatic N) is 3. The van der Waals surface area contributed by atoms with Gasteiger partial charge >= 0.3 is 0 Å². The Morgan fingerprint density at radius 2 is 1.88 bits per heavy atom. The molecule has 17 heavy (non-hydrogen) atoms. The van der Waals surface area contributed by atoms with Gasteiger partial charge in [0.2, 0.25) is 0 Å². The molecule has 0 amide bonds. The molecule has 3 nitrogen and oxygen atoms in total. The van der Waals surface area contributed by atoms with Crippen LogP contribution in [0.1, 0.15) is 30.8 Å². The van der Waals surface area contributed by atoms with E-state index in [0.717, 1.165) is 25.8 Å². The first kappa shape index (κ1) is 11.8. The maximum Gasteiger partial charge on any atom is 0.0624 e. The van der Waals surface area contributed by atoms with E-state index in [1.54, 1.807) is 0 Å². The van der Waals surface area contributed by atoms with Gasteiger partial charge in [0.1, 0.15) is 0 Å². The second-order valence-electron chi connectivity index (χ2n) is 4.16. The Morgan fingerprint density at radius 1 is 1.12 bits per heavy atom. The van der Waals surface area contributed by atoms with Crippen LogP contribution in [-0.4, -0.2) is 14.8 Å². The highest BCUT2D eigenvalue weighted by Gasteiger charge is 2.04. The minimum atomic E-state index is 0.952. The third kappa shape index (κ3) is 2.93. The molecule has 0 N–H and O–H groups in total. The van der Waals surface area contributed by atoms with Crippen molar-refractivity contribution >= 4 is 0 Å². The number of aryl methyl sites for hydroxylation is 4. The summed E-state index contributed by atoms with van der Waals surface area (Å²) in [5.41, 5.74) is 3.84. The highest BCUT2D eigenvalue weighted by atomic mass is 15.3. The van der Waals surface area contributed by atoms with Crippen molar-refractivity contribution in [1.82, 2.24) is 14.8 Å². The van der Waals surface area contributed by atoms with Gasteiger partial charge in [0.05, 0.1) is 5.69 Å². The first-order chi connectivity index (χ1) is 8.33. The molecule has 0 bridgehead atoms. The van der Waals surface area contributed by atoms with Gasteiger partial charge in [-0.3, -0.25) is 9.67 Å². The van der Waals surface area contributed by atoms with Crippen LogP contribution >= 0.6 is 0 Å². The van der Waals surface area contributed by atoms with Gasteiger partial charge in [-0.2, -0.15) is 5.10 Å². The van der Waals surface area contributed by atoms with Crippen LogP contribution in [0.4, 0.5) is 0 Å². The van der Waals surface area contributed by atoms with Gasteiger partial charge < -0.3 is 0 Å². The summed E-state index contributed by atoms with van der Waals surface area (Å²) in [6.07, 6.45) is 6.76. The fourth-order valence-electron chi connectivity index (χ4n) is 1.95. The quantitative estimate of drug-likeness (QED) is 0.789. The Hall–Kier alpha value is -1.64. The van der Waals surface area contributed by atoms with Crippen molar-refractivity contribution < 1.29 is 0 Å². The zero-order chi connectivity index (χ0) is 12.1. The van der Waals surface area contributed by atoms with Crippen LogP contribution in [0.15, 0.2) is 30.6 Å². The van der Waals surface area contributed by atoms with Crippen molar-refractivity contribution in [1.29, 1.82) is 0 Å². The maximum absolute atomic E-state index is 4.62. The standard InChI is InChI=1S/C14H19N3/c1-3-13-11-14(4-2)17(16-13)10-7-12-5-8-15-9-6-12/h5-6,8-9,11H,3-4,7,10H2,1-2H3. The molecule has 0 aliphatic carbocycles. The second kappa shape index (κ2) is 5.62. The third-order valence-corrected chi connectivity index (χ3v) is 3.00. The molecule has 2 rings (SSSR count). The molecule has 0 aliphatic rings. The van der Waals surface area contributed by atoms with Crippen molar-refractivity contribution in [2.24, 2.45) is 0 Å². The zero-order valence-corrected chi connectivity index (χ0v) is 10.6. The van der Waals surface area contributed by atoms with E-state index in [9.17, 15) is 0 Å². The lowest BCUT2D eigenvalue weighted by Gasteiger charge is -2.05. The van der Waals surface area contributed by atoms with Crippen LogP contribution in [0.2, 0.25) is 0 Å². The van der Waals surface area contributed by atoms with Crippen LogP contribution in [0.5, 0.6) is 0 Å². The summed E-state index contributed by atoms with van der Waals surface area (Å²) < 4.78 is 2.14. The Bertz CT molecular complexity index is 460. The number of rotatable bonds is 5. The van der Waals surface area contributed by atoms with E-state index < -0.39 is 0 Å². The molecule has 2 aromatic rings. The molecule has 0 unspecified atom stereocenters. The summed E-state index contributed by atoms with van der Waals surface area (Å²) in [5.74, 6) is 0. The Labute approximate surface area is 103 Å². The molecule has 0 radical (unpaired) electrons. The lowest BCUT2D eigenvalue weighted by atomic mass is 10.2. The van der Waals surface area contributed by atoms with Gasteiger partial charge in [0.15, 0.2) is 0 Å². The molecule has 0 saturated carbocycles. The lowest BCUT2D eigenvalue weighted by Crippen LogP contribution is -2.07. The van der Waals surface area contributed by atoms with Crippen LogP contribution in [0.25, 0.3) is 0 Å². The molecule has 0 aromatic carbocycles. The fraction of sp³-hybridized carbons (Fsp3) is 0.429. The first-order valence-corrected chi connectivity index (χ1v) is 6.28. The average molecular weight is 229 g/mol. The van der Waals surface area contributed by atoms with Crippen molar-refractivity contribution in [3.63, 3.8) is 0 Å². The van der Waals surface area contributed by atoms with Crippen LogP contribution in [0, 0.1) is 0 Å². The van der Waals surface area contributed by atoms with Gasteiger partial charge in [-0.1, -0.05) is 13.8 Å². The molecular formula is C14H19N3. The topological polar surface area (TPSA) is 30.7 Å². The van der Waals surface area contributed by atoms with Gasteiger partial charge in [0, 0.05) is 24.6 Å². The van der Waals surface area contributed by atoms with Crippen LogP contribution < -0.4 is 0 Å². The average Bonchev–Trinajstić information content (AvgIpc) is 2.80. The highest BCUT2D eigenvalue weighted by Crippen LogP contribution is 2.08. The molecule has 0 spiro atoms. The van der Waals surface area contributed by atoms with Crippen molar-refractivity contribution in [3.05, 3.63) is 47.5 Å². The summed E-state index contributed by atoms with van der Waals surface area (Å²) in [6.45, 7) is 5.28. The van der Waals surface area contributed by atoms with E-state index in [1.165, 1.54) is 17.0 Å². The maximum atomic E-state index is 4.62. The molecule has 0 aliphatic heterocycles. The second-order valence-corrected chi connectivity index (χ2v) is 4.16. The Kier molecular flexibility index (Phi) is 3.91. The Morgan fingerprint density at radius 3 is 2.53 bits per heavy atom. The SMILES string of the molecule is CCc1cc(CC)n(CCc2ccncc2)n1. The summed E-state index contributed by atoms with van der Waals surface area (Å²) in [7, 11) is 0. The highest BCUT2D eigenvalue weighted by molar-refractivity contribution is 5.12. The molecule has 2 aromatic heterocycles. The predicted molar refractivity (Wildman–Crippen MR) is 68.9 cm³/mol. The molecule has 2 heterocycles. The van der Waals surface area contributed by atoms with Crippen LogP contribution in [-0.2, 0) is 25.8 Å². The summed E-state index contributed by atoms with van der Waals surface area (Å²) >= 11 is 0. The van der Waals surface area contributed by atoms with Crippen molar-refractivity contribution in [3.8, 4) is 0 Å². The third-order valence-electron chi connectivity index (χ3n) is 3.00. The summed E-state index contributed by atoms with van der Waals surface area (Å²) in [6, 6.07) is 6.35. The molecular weight excluding hydrogens is 210 g/mol. The first-order valence-electron chi connectivity index (χ1n) is 6.28. The summed E-state index contributed by atoms with van der Waals surface area (Å²) in [4.78, 5) is 4.03. The molecule has 0 atom stereocenters. The predicted octanol–water partition coefficient (Wildman–Crippen LogP) is 2.65. The largest absolute Gasteiger partial charge is 0.269 e. The monoisotopic (exact) mass is 229 g/mol. The molecule has 3 heteroatoms. The van der Waals surface area contributed by atoms with Gasteiger partial charge in [-0.15, -0.1) is 0 Å². The van der Waals surface area contributed by atoms with E-state index in [-0.39, 0.29) is 0 Å². The van der Waals surface area contributed by atoms with E-state index in [1.807, 2.05) is 12.4 Å². The number of hydrogen-bond donors (Lipinski definition) is 0. The minimum Gasteiger partial charge on any atom is -0.269 e. The molecule has 90 valence electrons. The van der Waals surface area contributed by atoms with Crippen molar-refractivity contribution in [2.45, 2.75) is 39.7 Å². The normalized spacial score (nSPS) is 10.7. The Balaban J connectivity index is 2.05. The van der Waals surface area contributed by atoms with E-state index in [2.05, 4.69) is 46.8 Å². The fourth-order valence-corrected chi connectivity index (χ4v) is 1.95. The van der Waals surface area contributed by atoms with E-state index >= 15 is 0 Å². The minimum absolute atomic E-state index is 0.952. The lowest BCUT2D eigenvalue weighted by molar-refractivity contribution is 0.581. The van der Waals surface area contributed by atoms with Gasteiger partial charge in [-0.05, 0) is 43.0 Å². The summed E-state index contributed by atoms with van der Waals surface area (Å²) in [5, 5.41) is 4.62. The molecule has 0 fully saturated rings. The van der Waals surface area contributed by atoms with Gasteiger partial charge in [-0.25, -0.2) is 0 Å². The van der Waals surface area contributed by atoms with Crippen LogP contribution in [0.3, 0.4) is 0 Å². The number of aromatic nitrogens is 3. The van der Waals surface area contributed by atoms with E-state index in [0.29, 0.717) is 0 Å². The zero-order valence-electron chi connectivity index (χ0n) is 10.6. The number of pyridine rings is 1. The smallest absolute Gasteiger partial charge is 0.0624 e. The number of hydrogen-bond acceptors (Lipinski definition) is 2. The van der Waals surface area contributed by atoms with Crippen molar-refractivity contribution in [2.75, 3.05) is 0 Å².